The third-order valence-corrected chi connectivity index (χ3v) is 3.82. The zero-order valence-corrected chi connectivity index (χ0v) is 15.1. The van der Waals surface area contributed by atoms with Gasteiger partial charge in [0, 0.05) is 30.3 Å². The number of amides is 1. The van der Waals surface area contributed by atoms with Crippen molar-refractivity contribution < 1.29 is 4.79 Å². The van der Waals surface area contributed by atoms with E-state index >= 15 is 0 Å². The summed E-state index contributed by atoms with van der Waals surface area (Å²) in [7, 11) is 0. The van der Waals surface area contributed by atoms with E-state index in [9.17, 15) is 4.79 Å². The molecule has 0 heterocycles. The summed E-state index contributed by atoms with van der Waals surface area (Å²) in [5.41, 5.74) is 2.83. The maximum absolute atomic E-state index is 12.0. The minimum absolute atomic E-state index is 0.167. The van der Waals surface area contributed by atoms with Crippen molar-refractivity contribution in [2.45, 2.75) is 19.8 Å². The van der Waals surface area contributed by atoms with E-state index in [2.05, 4.69) is 16.6 Å². The smallest absolute Gasteiger partial charge is 0.248 e. The summed E-state index contributed by atoms with van der Waals surface area (Å²) in [5.74, 6) is 0.826. The van der Waals surface area contributed by atoms with Crippen LogP contribution in [0.4, 0.5) is 5.69 Å². The molecule has 0 saturated heterocycles. The van der Waals surface area contributed by atoms with Crippen molar-refractivity contribution in [3.8, 4) is 0 Å². The molecule has 5 heteroatoms. The van der Waals surface area contributed by atoms with Crippen molar-refractivity contribution in [2.24, 2.45) is 4.99 Å². The highest BCUT2D eigenvalue weighted by Gasteiger charge is 1.99. The fraction of sp³-hybridized carbons (Fsp3) is 0.316. The normalized spacial score (nSPS) is 12.0. The molecule has 0 radical (unpaired) electrons. The first-order chi connectivity index (χ1) is 11.7. The number of carbonyl (C=O) groups excluding carboxylic acids is 1. The van der Waals surface area contributed by atoms with Crippen LogP contribution in [0, 0.1) is 5.41 Å². The molecule has 0 unspecified atom stereocenters. The molecule has 24 heavy (non-hydrogen) atoms. The van der Waals surface area contributed by atoms with E-state index in [-0.39, 0.29) is 5.91 Å². The highest BCUT2D eigenvalue weighted by molar-refractivity contribution is 7.98. The van der Waals surface area contributed by atoms with Crippen molar-refractivity contribution in [1.29, 1.82) is 5.41 Å². The van der Waals surface area contributed by atoms with Crippen LogP contribution in [-0.4, -0.2) is 36.9 Å². The van der Waals surface area contributed by atoms with E-state index in [0.717, 1.165) is 42.0 Å². The molecular formula is C19H25N3OS. The number of aryl methyl sites for hydroxylation is 1. The molecule has 1 aromatic rings. The fourth-order valence-corrected chi connectivity index (χ4v) is 2.17. The number of benzene rings is 1. The summed E-state index contributed by atoms with van der Waals surface area (Å²) in [6, 6.07) is 7.70. The zero-order valence-electron chi connectivity index (χ0n) is 14.3. The van der Waals surface area contributed by atoms with Gasteiger partial charge in [0.25, 0.3) is 0 Å². The summed E-state index contributed by atoms with van der Waals surface area (Å²) in [6.07, 6.45) is 12.0. The largest absolute Gasteiger partial charge is 0.323 e. The molecule has 1 amide bonds. The summed E-state index contributed by atoms with van der Waals surface area (Å²) in [6.45, 7) is 2.70. The van der Waals surface area contributed by atoms with Crippen molar-refractivity contribution in [3.05, 3.63) is 53.6 Å². The second kappa shape index (κ2) is 12.3. The lowest BCUT2D eigenvalue weighted by Gasteiger charge is -2.04. The van der Waals surface area contributed by atoms with Crippen LogP contribution in [0.25, 0.3) is 0 Å². The maximum atomic E-state index is 12.0. The van der Waals surface area contributed by atoms with Gasteiger partial charge in [-0.2, -0.15) is 11.8 Å². The van der Waals surface area contributed by atoms with Gasteiger partial charge in [-0.05, 0) is 61.6 Å². The van der Waals surface area contributed by atoms with Crippen LogP contribution in [0.5, 0.6) is 0 Å². The number of hydrogen-bond donors (Lipinski definition) is 2. The molecule has 128 valence electrons. The Hall–Kier alpha value is -2.14. The number of hydrogen-bond acceptors (Lipinski definition) is 4. The lowest BCUT2D eigenvalue weighted by Crippen LogP contribution is -2.08. The Bertz CT molecular complexity index is 604. The summed E-state index contributed by atoms with van der Waals surface area (Å²) in [5, 5.41) is 9.88. The van der Waals surface area contributed by atoms with Crippen LogP contribution in [-0.2, 0) is 11.2 Å². The van der Waals surface area contributed by atoms with Crippen molar-refractivity contribution in [1.82, 2.24) is 0 Å². The van der Waals surface area contributed by atoms with Crippen LogP contribution in [0.2, 0.25) is 0 Å². The van der Waals surface area contributed by atoms with Crippen LogP contribution < -0.4 is 5.32 Å². The standard InChI is InChI=1S/C19H25N3OS/c1-3-16(15-21-13-14-24-2)8-11-19(23)22-18-9-6-17(7-10-18)5-4-12-20/h3,6-12,15,20H,4-5,13-14H2,1-2H3,(H,22,23)/b11-8+,16-3-,20-12?,21-15?. The van der Waals surface area contributed by atoms with Gasteiger partial charge in [-0.1, -0.05) is 18.2 Å². The van der Waals surface area contributed by atoms with Gasteiger partial charge in [0.2, 0.25) is 5.91 Å². The summed E-state index contributed by atoms with van der Waals surface area (Å²) in [4.78, 5) is 16.3. The number of anilines is 1. The Morgan fingerprint density at radius 2 is 2.04 bits per heavy atom. The van der Waals surface area contributed by atoms with Gasteiger partial charge in [0.1, 0.15) is 0 Å². The van der Waals surface area contributed by atoms with Gasteiger partial charge >= 0.3 is 0 Å². The van der Waals surface area contributed by atoms with Crippen molar-refractivity contribution >= 4 is 35.8 Å². The first-order valence-corrected chi connectivity index (χ1v) is 9.31. The second-order valence-electron chi connectivity index (χ2n) is 5.08. The SMILES string of the molecule is C/C=C(C=NCCSC)/C=C/C(=O)Nc1ccc(CCC=N)cc1. The highest BCUT2D eigenvalue weighted by atomic mass is 32.2. The fourth-order valence-electron chi connectivity index (χ4n) is 1.88. The van der Waals surface area contributed by atoms with Crippen LogP contribution in [0.15, 0.2) is 53.1 Å². The number of nitrogens with zero attached hydrogens (tertiary/aromatic N) is 1. The molecule has 0 spiro atoms. The van der Waals surface area contributed by atoms with E-state index in [0.29, 0.717) is 0 Å². The Balaban J connectivity index is 2.51. The number of thioether (sulfide) groups is 1. The number of aliphatic imine (C=N–C) groups is 1. The molecule has 4 nitrogen and oxygen atoms in total. The molecule has 0 aliphatic heterocycles. The third-order valence-electron chi connectivity index (χ3n) is 3.22. The average molecular weight is 343 g/mol. The van der Waals surface area contributed by atoms with Crippen molar-refractivity contribution in [3.63, 3.8) is 0 Å². The van der Waals surface area contributed by atoms with Gasteiger partial charge in [0.05, 0.1) is 0 Å². The third kappa shape index (κ3) is 8.48. The topological polar surface area (TPSA) is 65.3 Å². The Kier molecular flexibility index (Phi) is 10.2. The maximum Gasteiger partial charge on any atom is 0.248 e. The van der Waals surface area contributed by atoms with E-state index < -0.39 is 0 Å². The van der Waals surface area contributed by atoms with Gasteiger partial charge in [-0.15, -0.1) is 0 Å². The minimum atomic E-state index is -0.167. The monoisotopic (exact) mass is 343 g/mol. The zero-order chi connectivity index (χ0) is 17.6. The Morgan fingerprint density at radius 1 is 1.29 bits per heavy atom. The first kappa shape index (κ1) is 19.9. The molecule has 0 saturated carbocycles. The molecule has 1 aromatic carbocycles. The lowest BCUT2D eigenvalue weighted by molar-refractivity contribution is -0.111. The Morgan fingerprint density at radius 3 is 2.67 bits per heavy atom. The van der Waals surface area contributed by atoms with Crippen LogP contribution in [0.1, 0.15) is 18.9 Å². The minimum Gasteiger partial charge on any atom is -0.323 e. The molecular weight excluding hydrogens is 318 g/mol. The van der Waals surface area contributed by atoms with Crippen LogP contribution in [0.3, 0.4) is 0 Å². The summed E-state index contributed by atoms with van der Waals surface area (Å²) < 4.78 is 0. The van der Waals surface area contributed by atoms with E-state index in [1.165, 1.54) is 12.3 Å². The molecule has 0 fully saturated rings. The van der Waals surface area contributed by atoms with Gasteiger partial charge in [0.15, 0.2) is 0 Å². The second-order valence-corrected chi connectivity index (χ2v) is 6.06. The number of allylic oxidation sites excluding steroid dienone is 3. The number of nitrogens with one attached hydrogen (secondary N) is 2. The molecule has 0 aliphatic rings. The predicted octanol–water partition coefficient (Wildman–Crippen LogP) is 4.14. The van der Waals surface area contributed by atoms with Gasteiger partial charge < -0.3 is 10.7 Å². The highest BCUT2D eigenvalue weighted by Crippen LogP contribution is 2.11. The average Bonchev–Trinajstić information content (AvgIpc) is 2.60. The molecule has 0 aliphatic carbocycles. The summed E-state index contributed by atoms with van der Waals surface area (Å²) >= 11 is 1.76. The van der Waals surface area contributed by atoms with E-state index in [1.54, 1.807) is 24.1 Å². The van der Waals surface area contributed by atoms with Gasteiger partial charge in [-0.25, -0.2) is 0 Å². The quantitative estimate of drug-likeness (QED) is 0.290. The van der Waals surface area contributed by atoms with Crippen LogP contribution >= 0.6 is 11.8 Å². The van der Waals surface area contributed by atoms with E-state index in [4.69, 9.17) is 5.41 Å². The molecule has 2 N–H and O–H groups in total. The lowest BCUT2D eigenvalue weighted by atomic mass is 10.1. The molecule has 1 rings (SSSR count). The van der Waals surface area contributed by atoms with Crippen molar-refractivity contribution in [2.75, 3.05) is 23.9 Å². The molecule has 0 aromatic heterocycles. The Labute approximate surface area is 148 Å². The number of carbonyl (C=O) groups is 1. The number of rotatable bonds is 10. The predicted molar refractivity (Wildman–Crippen MR) is 107 cm³/mol. The van der Waals surface area contributed by atoms with E-state index in [1.807, 2.05) is 37.3 Å². The molecule has 0 bridgehead atoms. The first-order valence-electron chi connectivity index (χ1n) is 7.91. The van der Waals surface area contributed by atoms with Gasteiger partial charge in [-0.3, -0.25) is 9.79 Å². The molecule has 0 atom stereocenters.